The van der Waals surface area contributed by atoms with E-state index in [1.165, 1.54) is 108 Å². The molecule has 0 fully saturated rings. The van der Waals surface area contributed by atoms with Gasteiger partial charge in [-0.1, -0.05) is 82.9 Å². The third-order valence-corrected chi connectivity index (χ3v) is 6.70. The molecule has 1 aliphatic rings. The average molecular weight is 453 g/mol. The van der Waals surface area contributed by atoms with Gasteiger partial charge in [0.05, 0.1) is 24.7 Å². The van der Waals surface area contributed by atoms with E-state index in [9.17, 15) is 13.0 Å². The molecule has 1 heterocycles. The van der Waals surface area contributed by atoms with Crippen LogP contribution in [0.4, 0.5) is 0 Å². The Labute approximate surface area is 191 Å². The van der Waals surface area contributed by atoms with E-state index in [1.54, 1.807) is 6.07 Å². The van der Waals surface area contributed by atoms with Gasteiger partial charge in [-0.2, -0.15) is 0 Å². The van der Waals surface area contributed by atoms with Crippen molar-refractivity contribution in [1.29, 1.82) is 0 Å². The highest BCUT2D eigenvalue weighted by Crippen LogP contribution is 2.17. The van der Waals surface area contributed by atoms with Gasteiger partial charge in [0, 0.05) is 6.54 Å². The summed E-state index contributed by atoms with van der Waals surface area (Å²) in [6.07, 6.45) is 20.4. The number of benzene rings is 1. The van der Waals surface area contributed by atoms with Crippen molar-refractivity contribution in [3.8, 4) is 0 Å². The molecule has 1 aromatic carbocycles. The second-order valence-corrected chi connectivity index (χ2v) is 10.2. The molecule has 5 nitrogen and oxygen atoms in total. The first-order chi connectivity index (χ1) is 14.8. The molecule has 6 heteroatoms. The Morgan fingerprint density at radius 1 is 0.871 bits per heavy atom. The first kappa shape index (κ1) is 27.7. The molecule has 0 aromatic heterocycles. The van der Waals surface area contributed by atoms with Gasteiger partial charge in [0.2, 0.25) is 0 Å². The van der Waals surface area contributed by atoms with Crippen molar-refractivity contribution < 1.29 is 17.5 Å². The van der Waals surface area contributed by atoms with Gasteiger partial charge in [0.25, 0.3) is 0 Å². The molecule has 0 N–H and O–H groups in total. The molecule has 178 valence electrons. The second-order valence-electron chi connectivity index (χ2n) is 8.85. The molecule has 1 atom stereocenters. The molecule has 31 heavy (non-hydrogen) atoms. The van der Waals surface area contributed by atoms with Crippen molar-refractivity contribution in [1.82, 2.24) is 4.90 Å². The fourth-order valence-corrected chi connectivity index (χ4v) is 4.33. The SMILES string of the molecule is CCCCCCCCCCCCC[N+]1(C)C=CN(CC)C1.O=S(=O)([O-])c1ccccc1. The molecule has 2 rings (SSSR count). The first-order valence-electron chi connectivity index (χ1n) is 12.1. The van der Waals surface area contributed by atoms with E-state index in [-0.39, 0.29) is 4.90 Å². The largest absolute Gasteiger partial charge is 0.744 e. The van der Waals surface area contributed by atoms with E-state index < -0.39 is 10.1 Å². The first-order valence-corrected chi connectivity index (χ1v) is 13.5. The summed E-state index contributed by atoms with van der Waals surface area (Å²) >= 11 is 0. The third-order valence-electron chi connectivity index (χ3n) is 5.85. The molecule has 0 saturated carbocycles. The maximum atomic E-state index is 10.3. The standard InChI is InChI=1S/C19H39N2.C6H6O3S/c1-4-6-7-8-9-10-11-12-13-14-15-17-21(3)18-16-20(5-2)19-21;7-10(8,9)6-4-2-1-3-5-6/h16,18H,4-15,17,19H2,1-3H3;1-5H,(H,7,8,9)/q+1;/p-1. The van der Waals surface area contributed by atoms with Gasteiger partial charge in [0.15, 0.2) is 6.67 Å². The van der Waals surface area contributed by atoms with Crippen molar-refractivity contribution in [2.45, 2.75) is 89.4 Å². The molecule has 1 aromatic rings. The smallest absolute Gasteiger partial charge is 0.158 e. The highest BCUT2D eigenvalue weighted by atomic mass is 32.2. The van der Waals surface area contributed by atoms with Gasteiger partial charge in [-0.15, -0.1) is 0 Å². The van der Waals surface area contributed by atoms with Gasteiger partial charge >= 0.3 is 0 Å². The van der Waals surface area contributed by atoms with Crippen LogP contribution >= 0.6 is 0 Å². The molecule has 0 spiro atoms. The Balaban J connectivity index is 0.000000399. The Morgan fingerprint density at radius 3 is 1.81 bits per heavy atom. The summed E-state index contributed by atoms with van der Waals surface area (Å²) in [7, 11) is -1.89. The monoisotopic (exact) mass is 452 g/mol. The van der Waals surface area contributed by atoms with Gasteiger partial charge in [0.1, 0.15) is 16.3 Å². The lowest BCUT2D eigenvalue weighted by Gasteiger charge is -2.28. The van der Waals surface area contributed by atoms with Crippen LogP contribution in [0.3, 0.4) is 0 Å². The van der Waals surface area contributed by atoms with Gasteiger partial charge in [-0.05, 0) is 31.9 Å². The van der Waals surface area contributed by atoms with Gasteiger partial charge in [-0.25, -0.2) is 8.42 Å². The minimum absolute atomic E-state index is 0.185. The van der Waals surface area contributed by atoms with Crippen molar-refractivity contribution >= 4 is 10.1 Å². The third kappa shape index (κ3) is 12.9. The molecule has 0 aliphatic carbocycles. The minimum Gasteiger partial charge on any atom is -0.744 e. The van der Waals surface area contributed by atoms with Crippen molar-refractivity contribution in [2.24, 2.45) is 0 Å². The van der Waals surface area contributed by atoms with Crippen molar-refractivity contribution in [2.75, 3.05) is 26.8 Å². The maximum absolute atomic E-state index is 10.3. The van der Waals surface area contributed by atoms with Crippen LogP contribution in [0.1, 0.15) is 84.5 Å². The summed E-state index contributed by atoms with van der Waals surface area (Å²) in [5.41, 5.74) is 0. The van der Waals surface area contributed by atoms with E-state index in [0.717, 1.165) is 11.0 Å². The summed E-state index contributed by atoms with van der Waals surface area (Å²) in [6.45, 7) is 8.16. The quantitative estimate of drug-likeness (QED) is 0.194. The molecule has 0 amide bonds. The van der Waals surface area contributed by atoms with E-state index in [0.29, 0.717) is 0 Å². The molecule has 0 bridgehead atoms. The Kier molecular flexibility index (Phi) is 13.8. The fraction of sp³-hybridized carbons (Fsp3) is 0.680. The number of hydrogen-bond donors (Lipinski definition) is 0. The number of rotatable bonds is 14. The lowest BCUT2D eigenvalue weighted by molar-refractivity contribution is -0.861. The molecular weight excluding hydrogens is 408 g/mol. The summed E-state index contributed by atoms with van der Waals surface area (Å²) in [6, 6.07) is 7.19. The average Bonchev–Trinajstić information content (AvgIpc) is 3.14. The normalized spacial score (nSPS) is 18.1. The van der Waals surface area contributed by atoms with Gasteiger partial charge < -0.3 is 9.45 Å². The highest BCUT2D eigenvalue weighted by Gasteiger charge is 2.25. The predicted molar refractivity (Wildman–Crippen MR) is 128 cm³/mol. The maximum Gasteiger partial charge on any atom is 0.158 e. The van der Waals surface area contributed by atoms with Crippen LogP contribution < -0.4 is 0 Å². The molecule has 1 unspecified atom stereocenters. The topological polar surface area (TPSA) is 60.4 Å². The molecule has 1 aliphatic heterocycles. The van der Waals surface area contributed by atoms with E-state index >= 15 is 0 Å². The minimum atomic E-state index is -4.25. The van der Waals surface area contributed by atoms with Crippen LogP contribution in [0.25, 0.3) is 0 Å². The van der Waals surface area contributed by atoms with Crippen molar-refractivity contribution in [3.63, 3.8) is 0 Å². The summed E-state index contributed by atoms with van der Waals surface area (Å²) in [4.78, 5) is 2.23. The zero-order valence-corrected chi connectivity index (χ0v) is 20.8. The van der Waals surface area contributed by atoms with Gasteiger partial charge in [-0.3, -0.25) is 4.48 Å². The Morgan fingerprint density at radius 2 is 1.39 bits per heavy atom. The zero-order valence-electron chi connectivity index (χ0n) is 20.0. The van der Waals surface area contributed by atoms with Crippen LogP contribution in [-0.2, 0) is 10.1 Å². The summed E-state index contributed by atoms with van der Waals surface area (Å²) < 4.78 is 31.9. The number of unbranched alkanes of at least 4 members (excludes halogenated alkanes) is 10. The van der Waals surface area contributed by atoms with Crippen LogP contribution in [0, 0.1) is 0 Å². The van der Waals surface area contributed by atoms with Crippen LogP contribution in [0.5, 0.6) is 0 Å². The van der Waals surface area contributed by atoms with Crippen LogP contribution in [0.15, 0.2) is 47.6 Å². The molecular formula is C25H44N2O3S. The number of hydrogen-bond acceptors (Lipinski definition) is 4. The Bertz CT molecular complexity index is 707. The van der Waals surface area contributed by atoms with E-state index in [1.807, 2.05) is 0 Å². The van der Waals surface area contributed by atoms with Crippen molar-refractivity contribution in [3.05, 3.63) is 42.7 Å². The van der Waals surface area contributed by atoms with E-state index in [4.69, 9.17) is 0 Å². The Hall–Kier alpha value is -1.37. The number of nitrogens with zero attached hydrogens (tertiary/aromatic N) is 2. The molecule has 0 radical (unpaired) electrons. The van der Waals surface area contributed by atoms with E-state index in [2.05, 4.69) is 38.2 Å². The summed E-state index contributed by atoms with van der Waals surface area (Å²) in [5.74, 6) is 0. The lowest BCUT2D eigenvalue weighted by atomic mass is 10.1. The lowest BCUT2D eigenvalue weighted by Crippen LogP contribution is -2.41. The highest BCUT2D eigenvalue weighted by molar-refractivity contribution is 7.85. The van der Waals surface area contributed by atoms with Crippen LogP contribution in [0.2, 0.25) is 0 Å². The van der Waals surface area contributed by atoms with Crippen LogP contribution in [-0.4, -0.2) is 49.2 Å². The predicted octanol–water partition coefficient (Wildman–Crippen LogP) is 6.10. The fourth-order valence-electron chi connectivity index (χ4n) is 3.84. The zero-order chi connectivity index (χ0) is 23.0. The second kappa shape index (κ2) is 15.4. The molecule has 0 saturated heterocycles. The number of quaternary nitrogens is 1. The summed E-state index contributed by atoms with van der Waals surface area (Å²) in [5, 5.41) is 0.